The van der Waals surface area contributed by atoms with Gasteiger partial charge in [-0.2, -0.15) is 5.48 Å². The average Bonchev–Trinajstić information content (AvgIpc) is 2.84. The van der Waals surface area contributed by atoms with E-state index in [1.807, 2.05) is 54.6 Å². The third kappa shape index (κ3) is 8.37. The molecule has 0 heterocycles. The van der Waals surface area contributed by atoms with E-state index < -0.39 is 5.97 Å². The van der Waals surface area contributed by atoms with Crippen molar-refractivity contribution < 1.29 is 19.5 Å². The Balaban J connectivity index is 1.56. The molecule has 3 aromatic rings. The molecule has 0 saturated heterocycles. The molecule has 3 rings (SSSR count). The molecule has 0 aliphatic heterocycles. The van der Waals surface area contributed by atoms with Crippen molar-refractivity contribution >= 4 is 5.97 Å². The molecule has 0 radical (unpaired) electrons. The lowest BCUT2D eigenvalue weighted by Gasteiger charge is -2.24. The van der Waals surface area contributed by atoms with Crippen LogP contribution in [0.1, 0.15) is 55.4 Å². The Kier molecular flexibility index (Phi) is 9.95. The summed E-state index contributed by atoms with van der Waals surface area (Å²) in [4.78, 5) is 17.0. The van der Waals surface area contributed by atoms with Gasteiger partial charge in [0.1, 0.15) is 11.9 Å². The fraction of sp³-hybridized carbons (Fsp3) is 0.321. The van der Waals surface area contributed by atoms with Crippen molar-refractivity contribution in [1.82, 2.24) is 5.48 Å². The molecule has 0 fully saturated rings. The van der Waals surface area contributed by atoms with Crippen LogP contribution in [0.2, 0.25) is 0 Å². The lowest BCUT2D eigenvalue weighted by molar-refractivity contribution is -0.139. The van der Waals surface area contributed by atoms with Gasteiger partial charge in [-0.15, -0.1) is 0 Å². The molecule has 0 amide bonds. The van der Waals surface area contributed by atoms with Gasteiger partial charge in [-0.3, -0.25) is 4.84 Å². The molecule has 5 heteroatoms. The topological polar surface area (TPSA) is 67.8 Å². The summed E-state index contributed by atoms with van der Waals surface area (Å²) in [7, 11) is 0. The first kappa shape index (κ1) is 24.5. The Morgan fingerprint density at radius 1 is 0.909 bits per heavy atom. The molecule has 0 aromatic heterocycles. The number of aliphatic carboxylic acids is 1. The molecule has 3 aromatic carbocycles. The highest BCUT2D eigenvalue weighted by atomic mass is 16.7. The van der Waals surface area contributed by atoms with E-state index in [2.05, 4.69) is 36.7 Å². The molecule has 1 unspecified atom stereocenters. The van der Waals surface area contributed by atoms with Gasteiger partial charge in [0.15, 0.2) is 6.61 Å². The van der Waals surface area contributed by atoms with Gasteiger partial charge in [0.2, 0.25) is 0 Å². The Morgan fingerprint density at radius 3 is 2.18 bits per heavy atom. The standard InChI is InChI=1S/C28H33NO4/c1-2-11-25(18-9-12-22-13-10-19-26(20-22)32-21-27(30)31)29-33-28(23-14-5-3-6-15-23)24-16-7-4-8-17-24/h3-8,10,13-17,19-20,25,28-29H,2,9,11-12,18,21H2,1H3,(H,30,31). The van der Waals surface area contributed by atoms with Crippen molar-refractivity contribution in [1.29, 1.82) is 0 Å². The monoisotopic (exact) mass is 447 g/mol. The zero-order valence-electron chi connectivity index (χ0n) is 19.2. The molecule has 33 heavy (non-hydrogen) atoms. The highest BCUT2D eigenvalue weighted by molar-refractivity contribution is 5.68. The van der Waals surface area contributed by atoms with E-state index in [1.165, 1.54) is 0 Å². The molecule has 2 N–H and O–H groups in total. The maximum Gasteiger partial charge on any atom is 0.341 e. The Morgan fingerprint density at radius 2 is 1.58 bits per heavy atom. The number of nitrogens with one attached hydrogen (secondary N) is 1. The summed E-state index contributed by atoms with van der Waals surface area (Å²) >= 11 is 0. The summed E-state index contributed by atoms with van der Waals surface area (Å²) < 4.78 is 5.29. The van der Waals surface area contributed by atoms with E-state index in [9.17, 15) is 4.79 Å². The van der Waals surface area contributed by atoms with Crippen molar-refractivity contribution in [2.75, 3.05) is 6.61 Å². The normalized spacial score (nSPS) is 11.9. The van der Waals surface area contributed by atoms with E-state index in [4.69, 9.17) is 14.7 Å². The molecule has 1 atom stereocenters. The summed E-state index contributed by atoms with van der Waals surface area (Å²) in [5.41, 5.74) is 6.73. The number of hydrogen-bond donors (Lipinski definition) is 2. The smallest absolute Gasteiger partial charge is 0.341 e. The summed E-state index contributed by atoms with van der Waals surface area (Å²) in [6.07, 6.45) is 4.79. The summed E-state index contributed by atoms with van der Waals surface area (Å²) in [6.45, 7) is 1.86. The van der Waals surface area contributed by atoms with Crippen molar-refractivity contribution in [3.63, 3.8) is 0 Å². The third-order valence-electron chi connectivity index (χ3n) is 5.47. The fourth-order valence-corrected chi connectivity index (χ4v) is 3.85. The van der Waals surface area contributed by atoms with Crippen molar-refractivity contribution in [3.8, 4) is 5.75 Å². The van der Waals surface area contributed by atoms with Gasteiger partial charge in [-0.05, 0) is 54.5 Å². The van der Waals surface area contributed by atoms with Gasteiger partial charge >= 0.3 is 5.97 Å². The maximum atomic E-state index is 10.7. The van der Waals surface area contributed by atoms with Crippen molar-refractivity contribution in [2.24, 2.45) is 0 Å². The average molecular weight is 448 g/mol. The number of ether oxygens (including phenoxy) is 1. The molecule has 0 aliphatic carbocycles. The number of carbonyl (C=O) groups is 1. The minimum Gasteiger partial charge on any atom is -0.482 e. The maximum absolute atomic E-state index is 10.7. The summed E-state index contributed by atoms with van der Waals surface area (Å²) in [5.74, 6) is -0.381. The summed E-state index contributed by atoms with van der Waals surface area (Å²) in [5, 5.41) is 8.79. The number of hydrogen-bond acceptors (Lipinski definition) is 4. The first-order valence-electron chi connectivity index (χ1n) is 11.6. The number of hydroxylamine groups is 1. The van der Waals surface area contributed by atoms with Crippen LogP contribution in [0.3, 0.4) is 0 Å². The Bertz CT molecular complexity index is 922. The van der Waals surface area contributed by atoms with Crippen LogP contribution in [0, 0.1) is 0 Å². The van der Waals surface area contributed by atoms with E-state index in [0.29, 0.717) is 5.75 Å². The van der Waals surface area contributed by atoms with Gasteiger partial charge in [0.25, 0.3) is 0 Å². The fourth-order valence-electron chi connectivity index (χ4n) is 3.85. The Hall–Kier alpha value is -3.15. The molecule has 0 bridgehead atoms. The van der Waals surface area contributed by atoms with Crippen LogP contribution in [0.25, 0.3) is 0 Å². The predicted molar refractivity (Wildman–Crippen MR) is 130 cm³/mol. The van der Waals surface area contributed by atoms with Crippen LogP contribution < -0.4 is 10.2 Å². The molecule has 0 aliphatic rings. The van der Waals surface area contributed by atoms with Crippen LogP contribution in [0.5, 0.6) is 5.75 Å². The van der Waals surface area contributed by atoms with Crippen molar-refractivity contribution in [3.05, 3.63) is 102 Å². The van der Waals surface area contributed by atoms with Crippen LogP contribution in [-0.2, 0) is 16.1 Å². The zero-order chi connectivity index (χ0) is 23.3. The highest BCUT2D eigenvalue weighted by Crippen LogP contribution is 2.25. The van der Waals surface area contributed by atoms with Crippen LogP contribution in [0.15, 0.2) is 84.9 Å². The van der Waals surface area contributed by atoms with Gasteiger partial charge in [-0.1, -0.05) is 86.1 Å². The number of carboxylic acid groups (broad SMARTS) is 1. The first-order chi connectivity index (χ1) is 16.2. The Labute approximate surface area is 196 Å². The van der Waals surface area contributed by atoms with Crippen molar-refractivity contribution in [2.45, 2.75) is 51.2 Å². The molecule has 5 nitrogen and oxygen atoms in total. The van der Waals surface area contributed by atoms with Gasteiger partial charge in [0, 0.05) is 6.04 Å². The van der Waals surface area contributed by atoms with E-state index >= 15 is 0 Å². The number of rotatable bonds is 14. The largest absolute Gasteiger partial charge is 0.482 e. The summed E-state index contributed by atoms with van der Waals surface area (Å²) in [6, 6.07) is 28.4. The zero-order valence-corrected chi connectivity index (χ0v) is 19.2. The van der Waals surface area contributed by atoms with Crippen LogP contribution >= 0.6 is 0 Å². The van der Waals surface area contributed by atoms with E-state index in [-0.39, 0.29) is 18.8 Å². The third-order valence-corrected chi connectivity index (χ3v) is 5.47. The van der Waals surface area contributed by atoms with Gasteiger partial charge in [0.05, 0.1) is 0 Å². The molecule has 0 spiro atoms. The minimum atomic E-state index is -0.974. The lowest BCUT2D eigenvalue weighted by atomic mass is 10.0. The van der Waals surface area contributed by atoms with Crippen LogP contribution in [-0.4, -0.2) is 23.7 Å². The second-order valence-electron chi connectivity index (χ2n) is 8.14. The second-order valence-corrected chi connectivity index (χ2v) is 8.14. The molecule has 0 saturated carbocycles. The predicted octanol–water partition coefficient (Wildman–Crippen LogP) is 5.95. The van der Waals surface area contributed by atoms with E-state index in [1.54, 1.807) is 6.07 Å². The first-order valence-corrected chi connectivity index (χ1v) is 11.6. The van der Waals surface area contributed by atoms with E-state index in [0.717, 1.165) is 48.8 Å². The lowest BCUT2D eigenvalue weighted by Crippen LogP contribution is -2.31. The van der Waals surface area contributed by atoms with Crippen LogP contribution in [0.4, 0.5) is 0 Å². The van der Waals surface area contributed by atoms with Gasteiger partial charge < -0.3 is 9.84 Å². The molecule has 174 valence electrons. The number of benzene rings is 3. The number of carboxylic acids is 1. The quantitative estimate of drug-likeness (QED) is 0.299. The second kappa shape index (κ2) is 13.4. The minimum absolute atomic E-state index is 0.171. The highest BCUT2D eigenvalue weighted by Gasteiger charge is 2.17. The SMILES string of the molecule is CCCC(CCCc1cccc(OCC(=O)O)c1)NOC(c1ccccc1)c1ccccc1. The molecular formula is C28H33NO4. The number of aryl methyl sites for hydroxylation is 1. The van der Waals surface area contributed by atoms with Gasteiger partial charge in [-0.25, -0.2) is 4.79 Å². The molecular weight excluding hydrogens is 414 g/mol.